The van der Waals surface area contributed by atoms with E-state index in [1.54, 1.807) is 6.26 Å². The molecule has 2 aromatic heterocycles. The lowest BCUT2D eigenvalue weighted by Crippen LogP contribution is -2.39. The monoisotopic (exact) mass is 355 g/mol. The maximum Gasteiger partial charge on any atom is 0.224 e. The molecule has 0 unspecified atom stereocenters. The minimum atomic E-state index is 0.447. The number of nitrogens with zero attached hydrogens (tertiary/aromatic N) is 4. The number of likely N-dealkylation sites (tertiary alicyclic amines) is 1. The van der Waals surface area contributed by atoms with Crippen molar-refractivity contribution in [2.75, 3.05) is 36.4 Å². The molecule has 0 radical (unpaired) electrons. The maximum absolute atomic E-state index is 5.46. The second-order valence-corrected chi connectivity index (χ2v) is 7.41. The van der Waals surface area contributed by atoms with E-state index in [1.165, 1.54) is 25.7 Å². The van der Waals surface area contributed by atoms with E-state index in [2.05, 4.69) is 20.1 Å². The molecule has 0 atom stereocenters. The van der Waals surface area contributed by atoms with Gasteiger partial charge in [-0.1, -0.05) is 12.8 Å². The number of furan rings is 1. The minimum Gasteiger partial charge on any atom is -0.468 e. The van der Waals surface area contributed by atoms with Crippen molar-refractivity contribution in [3.05, 3.63) is 36.4 Å². The molecule has 0 amide bonds. The zero-order valence-corrected chi connectivity index (χ0v) is 15.4. The van der Waals surface area contributed by atoms with Crippen molar-refractivity contribution in [3.63, 3.8) is 0 Å². The van der Waals surface area contributed by atoms with Gasteiger partial charge in [0.15, 0.2) is 0 Å². The van der Waals surface area contributed by atoms with Crippen LogP contribution in [0.4, 0.5) is 11.8 Å². The summed E-state index contributed by atoms with van der Waals surface area (Å²) in [4.78, 5) is 14.1. The van der Waals surface area contributed by atoms with Crippen LogP contribution in [0.25, 0.3) is 0 Å². The Morgan fingerprint density at radius 3 is 2.58 bits per heavy atom. The average Bonchev–Trinajstić information content (AvgIpc) is 3.02. The van der Waals surface area contributed by atoms with Gasteiger partial charge in [-0.3, -0.25) is 4.90 Å². The first kappa shape index (κ1) is 17.3. The molecule has 2 aliphatic heterocycles. The molecule has 6 nitrogen and oxygen atoms in total. The van der Waals surface area contributed by atoms with E-state index < -0.39 is 0 Å². The Bertz CT molecular complexity index is 659. The van der Waals surface area contributed by atoms with Crippen LogP contribution >= 0.6 is 0 Å². The maximum atomic E-state index is 5.46. The molecule has 1 N–H and O–H groups in total. The Morgan fingerprint density at radius 1 is 1.04 bits per heavy atom. The Morgan fingerprint density at radius 2 is 1.85 bits per heavy atom. The van der Waals surface area contributed by atoms with Gasteiger partial charge in [0.2, 0.25) is 5.95 Å². The average molecular weight is 355 g/mol. The van der Waals surface area contributed by atoms with Gasteiger partial charge in [-0.15, -0.1) is 0 Å². The Balaban J connectivity index is 1.30. The SMILES string of the molecule is c1coc(CN2CCC(Nc3nccc(N4CCCCCC4)n3)CC2)c1. The lowest BCUT2D eigenvalue weighted by atomic mass is 10.1. The molecule has 2 aliphatic rings. The fraction of sp³-hybridized carbons (Fsp3) is 0.600. The molecule has 0 bridgehead atoms. The zero-order chi connectivity index (χ0) is 17.6. The van der Waals surface area contributed by atoms with Gasteiger partial charge in [0.25, 0.3) is 0 Å². The second-order valence-electron chi connectivity index (χ2n) is 7.41. The van der Waals surface area contributed by atoms with E-state index >= 15 is 0 Å². The largest absolute Gasteiger partial charge is 0.468 e. The van der Waals surface area contributed by atoms with E-state index in [0.29, 0.717) is 6.04 Å². The molecule has 2 aromatic rings. The predicted octanol–water partition coefficient (Wildman–Crippen LogP) is 3.53. The number of hydrogen-bond acceptors (Lipinski definition) is 6. The number of rotatable bonds is 5. The summed E-state index contributed by atoms with van der Waals surface area (Å²) in [6.45, 7) is 5.28. The van der Waals surface area contributed by atoms with Gasteiger partial charge >= 0.3 is 0 Å². The first-order valence-electron chi connectivity index (χ1n) is 9.96. The van der Waals surface area contributed by atoms with Gasteiger partial charge in [0.05, 0.1) is 12.8 Å². The summed E-state index contributed by atoms with van der Waals surface area (Å²) < 4.78 is 5.46. The number of piperidine rings is 1. The van der Waals surface area contributed by atoms with Crippen LogP contribution in [0.2, 0.25) is 0 Å². The Labute approximate surface area is 155 Å². The number of nitrogens with one attached hydrogen (secondary N) is 1. The second kappa shape index (κ2) is 8.54. The van der Waals surface area contributed by atoms with Crippen LogP contribution in [0.3, 0.4) is 0 Å². The summed E-state index contributed by atoms with van der Waals surface area (Å²) >= 11 is 0. The van der Waals surface area contributed by atoms with Crippen molar-refractivity contribution in [1.82, 2.24) is 14.9 Å². The number of anilines is 2. The van der Waals surface area contributed by atoms with Crippen LogP contribution in [-0.4, -0.2) is 47.1 Å². The zero-order valence-electron chi connectivity index (χ0n) is 15.4. The normalized spacial score (nSPS) is 20.1. The third-order valence-corrected chi connectivity index (χ3v) is 5.45. The molecule has 0 spiro atoms. The van der Waals surface area contributed by atoms with Gasteiger partial charge < -0.3 is 14.6 Å². The lowest BCUT2D eigenvalue weighted by Gasteiger charge is -2.32. The summed E-state index contributed by atoms with van der Waals surface area (Å²) in [5, 5.41) is 3.56. The van der Waals surface area contributed by atoms with Crippen LogP contribution in [0, 0.1) is 0 Å². The van der Waals surface area contributed by atoms with Crippen LogP contribution in [-0.2, 0) is 6.54 Å². The fourth-order valence-electron chi connectivity index (χ4n) is 3.94. The highest BCUT2D eigenvalue weighted by Gasteiger charge is 2.21. The summed E-state index contributed by atoms with van der Waals surface area (Å²) in [6.07, 6.45) is 11.1. The van der Waals surface area contributed by atoms with Crippen LogP contribution in [0.1, 0.15) is 44.3 Å². The van der Waals surface area contributed by atoms with E-state index in [4.69, 9.17) is 9.40 Å². The molecule has 6 heteroatoms. The van der Waals surface area contributed by atoms with Crippen molar-refractivity contribution in [1.29, 1.82) is 0 Å². The van der Waals surface area contributed by atoms with Gasteiger partial charge in [-0.05, 0) is 43.9 Å². The summed E-state index contributed by atoms with van der Waals surface area (Å²) in [5.41, 5.74) is 0. The van der Waals surface area contributed by atoms with Crippen molar-refractivity contribution in [2.45, 2.75) is 51.1 Å². The Kier molecular flexibility index (Phi) is 5.69. The van der Waals surface area contributed by atoms with E-state index in [9.17, 15) is 0 Å². The molecular formula is C20H29N5O. The quantitative estimate of drug-likeness (QED) is 0.885. The third kappa shape index (κ3) is 4.55. The summed E-state index contributed by atoms with van der Waals surface area (Å²) in [6, 6.07) is 6.50. The molecule has 0 saturated carbocycles. The van der Waals surface area contributed by atoms with Gasteiger partial charge in [0.1, 0.15) is 11.6 Å². The molecule has 2 fully saturated rings. The van der Waals surface area contributed by atoms with E-state index in [0.717, 1.165) is 63.1 Å². The molecule has 0 aliphatic carbocycles. The fourth-order valence-corrected chi connectivity index (χ4v) is 3.94. The van der Waals surface area contributed by atoms with Crippen LogP contribution < -0.4 is 10.2 Å². The minimum absolute atomic E-state index is 0.447. The molecule has 4 heterocycles. The van der Waals surface area contributed by atoms with Crippen LogP contribution in [0.15, 0.2) is 35.1 Å². The van der Waals surface area contributed by atoms with Crippen LogP contribution in [0.5, 0.6) is 0 Å². The number of hydrogen-bond donors (Lipinski definition) is 1. The molecule has 4 rings (SSSR count). The summed E-state index contributed by atoms with van der Waals surface area (Å²) in [7, 11) is 0. The van der Waals surface area contributed by atoms with Crippen molar-refractivity contribution in [3.8, 4) is 0 Å². The predicted molar refractivity (Wildman–Crippen MR) is 103 cm³/mol. The molecular weight excluding hydrogens is 326 g/mol. The first-order valence-corrected chi connectivity index (χ1v) is 9.96. The van der Waals surface area contributed by atoms with Crippen molar-refractivity contribution in [2.24, 2.45) is 0 Å². The highest BCUT2D eigenvalue weighted by Crippen LogP contribution is 2.20. The van der Waals surface area contributed by atoms with E-state index in [-0.39, 0.29) is 0 Å². The topological polar surface area (TPSA) is 57.4 Å². The van der Waals surface area contributed by atoms with E-state index in [1.807, 2.05) is 24.4 Å². The van der Waals surface area contributed by atoms with Gasteiger partial charge in [-0.25, -0.2) is 4.98 Å². The standard InChI is InChI=1S/C20H29N5O/c1-2-4-12-25(11-3-1)19-7-10-21-20(23-19)22-17-8-13-24(14-9-17)16-18-6-5-15-26-18/h5-7,10,15,17H,1-4,8-9,11-14,16H2,(H,21,22,23). The molecule has 2 saturated heterocycles. The highest BCUT2D eigenvalue weighted by atomic mass is 16.3. The lowest BCUT2D eigenvalue weighted by molar-refractivity contribution is 0.196. The first-order chi connectivity index (χ1) is 12.9. The molecule has 0 aromatic carbocycles. The molecule has 26 heavy (non-hydrogen) atoms. The third-order valence-electron chi connectivity index (χ3n) is 5.45. The smallest absolute Gasteiger partial charge is 0.224 e. The highest BCUT2D eigenvalue weighted by molar-refractivity contribution is 5.43. The molecule has 140 valence electrons. The Hall–Kier alpha value is -2.08. The van der Waals surface area contributed by atoms with Crippen molar-refractivity contribution >= 4 is 11.8 Å². The van der Waals surface area contributed by atoms with Gasteiger partial charge in [0, 0.05) is 38.4 Å². The number of aromatic nitrogens is 2. The van der Waals surface area contributed by atoms with Gasteiger partial charge in [-0.2, -0.15) is 4.98 Å². The van der Waals surface area contributed by atoms with Crippen molar-refractivity contribution < 1.29 is 4.42 Å². The summed E-state index contributed by atoms with van der Waals surface area (Å²) in [5.74, 6) is 2.89.